The highest BCUT2D eigenvalue weighted by molar-refractivity contribution is 5.69. The monoisotopic (exact) mass is 735 g/mol. The third-order valence-corrected chi connectivity index (χ3v) is 8.89. The molecule has 0 aromatic carbocycles. The summed E-state index contributed by atoms with van der Waals surface area (Å²) in [4.78, 5) is 12.2. The molecule has 1 atom stereocenters. The molecule has 0 rings (SSSR count). The zero-order valence-electron chi connectivity index (χ0n) is 34.5. The summed E-state index contributed by atoms with van der Waals surface area (Å²) in [6, 6.07) is 0. The van der Waals surface area contributed by atoms with Crippen molar-refractivity contribution in [1.29, 1.82) is 0 Å². The molecule has 0 aliphatic rings. The fourth-order valence-electron chi connectivity index (χ4n) is 5.66. The Balaban J connectivity index is 3.60. The fraction of sp³-hybridized carbons (Fsp3) is 0.653. The maximum absolute atomic E-state index is 12.2. The Morgan fingerprint density at radius 1 is 0.472 bits per heavy atom. The molecule has 0 radical (unpaired) electrons. The first-order valence-corrected chi connectivity index (χ1v) is 21.8. The van der Waals surface area contributed by atoms with Crippen LogP contribution < -0.4 is 0 Å². The highest BCUT2D eigenvalue weighted by atomic mass is 16.6. The molecule has 0 bridgehead atoms. The first-order valence-electron chi connectivity index (χ1n) is 21.8. The van der Waals surface area contributed by atoms with Crippen LogP contribution in [0.1, 0.15) is 181 Å². The summed E-state index contributed by atoms with van der Waals surface area (Å²) >= 11 is 0. The number of carbonyl (C=O) groups excluding carboxylic acids is 1. The SMILES string of the molecule is CC/C=C\C/C=C\C/C=C\C/C=C\C/C=C\C/C=C\C/C=C\CCCC(=O)OC(CO)COCCCCCCCCCC/C=C\CCCCCCCC. The van der Waals surface area contributed by atoms with Crippen LogP contribution in [0.4, 0.5) is 0 Å². The van der Waals surface area contributed by atoms with E-state index in [4.69, 9.17) is 9.47 Å². The average Bonchev–Trinajstić information content (AvgIpc) is 3.16. The molecule has 0 amide bonds. The molecule has 0 aliphatic heterocycles. The molecule has 0 spiro atoms. The highest BCUT2D eigenvalue weighted by Gasteiger charge is 2.13. The van der Waals surface area contributed by atoms with Gasteiger partial charge in [0.2, 0.25) is 0 Å². The van der Waals surface area contributed by atoms with Crippen molar-refractivity contribution >= 4 is 5.97 Å². The Kier molecular flexibility index (Phi) is 43.2. The van der Waals surface area contributed by atoms with Gasteiger partial charge in [-0.25, -0.2) is 0 Å². The number of unbranched alkanes of at least 4 members (excludes halogenated alkanes) is 15. The van der Waals surface area contributed by atoms with Crippen LogP contribution in [0.2, 0.25) is 0 Å². The molecule has 0 heterocycles. The minimum Gasteiger partial charge on any atom is -0.457 e. The van der Waals surface area contributed by atoms with Gasteiger partial charge in [-0.2, -0.15) is 0 Å². The molecule has 0 aromatic rings. The van der Waals surface area contributed by atoms with Crippen molar-refractivity contribution < 1.29 is 19.4 Å². The fourth-order valence-corrected chi connectivity index (χ4v) is 5.66. The quantitative estimate of drug-likeness (QED) is 0.0388. The highest BCUT2D eigenvalue weighted by Crippen LogP contribution is 2.12. The lowest BCUT2D eigenvalue weighted by Crippen LogP contribution is -2.27. The molecular weight excluding hydrogens is 653 g/mol. The van der Waals surface area contributed by atoms with Crippen molar-refractivity contribution in [2.75, 3.05) is 19.8 Å². The van der Waals surface area contributed by atoms with Gasteiger partial charge >= 0.3 is 5.97 Å². The predicted molar refractivity (Wildman–Crippen MR) is 232 cm³/mol. The number of aliphatic hydroxyl groups is 1. The third-order valence-electron chi connectivity index (χ3n) is 8.89. The molecule has 53 heavy (non-hydrogen) atoms. The van der Waals surface area contributed by atoms with Gasteiger partial charge in [-0.1, -0.05) is 182 Å². The van der Waals surface area contributed by atoms with E-state index in [0.29, 0.717) is 13.0 Å². The molecule has 1 N–H and O–H groups in total. The van der Waals surface area contributed by atoms with Crippen molar-refractivity contribution in [1.82, 2.24) is 0 Å². The van der Waals surface area contributed by atoms with Gasteiger partial charge in [0, 0.05) is 13.0 Å². The lowest BCUT2D eigenvalue weighted by molar-refractivity contribution is -0.154. The van der Waals surface area contributed by atoms with E-state index >= 15 is 0 Å². The van der Waals surface area contributed by atoms with Gasteiger partial charge in [0.15, 0.2) is 0 Å². The first kappa shape index (κ1) is 50.3. The van der Waals surface area contributed by atoms with E-state index in [0.717, 1.165) is 64.2 Å². The Bertz CT molecular complexity index is 996. The second kappa shape index (κ2) is 45.5. The molecule has 0 aromatic heterocycles. The predicted octanol–water partition coefficient (Wildman–Crippen LogP) is 14.5. The molecule has 1 unspecified atom stereocenters. The molecule has 0 saturated heterocycles. The third kappa shape index (κ3) is 43.6. The average molecular weight is 735 g/mol. The number of hydrogen-bond acceptors (Lipinski definition) is 4. The van der Waals surface area contributed by atoms with E-state index in [-0.39, 0.29) is 19.2 Å². The molecule has 4 nitrogen and oxygen atoms in total. The van der Waals surface area contributed by atoms with Crippen molar-refractivity contribution in [2.24, 2.45) is 0 Å². The minimum atomic E-state index is -0.573. The number of esters is 1. The summed E-state index contributed by atoms with van der Waals surface area (Å²) in [5.74, 6) is -0.262. The van der Waals surface area contributed by atoms with Gasteiger partial charge < -0.3 is 14.6 Å². The van der Waals surface area contributed by atoms with E-state index in [1.165, 1.54) is 96.3 Å². The number of rotatable bonds is 39. The molecular formula is C49H82O4. The Hall–Kier alpha value is -2.69. The first-order chi connectivity index (χ1) is 26.2. The molecule has 0 saturated carbocycles. The Morgan fingerprint density at radius 3 is 1.30 bits per heavy atom. The van der Waals surface area contributed by atoms with E-state index in [9.17, 15) is 9.90 Å². The van der Waals surface area contributed by atoms with Crippen molar-refractivity contribution in [3.63, 3.8) is 0 Å². The van der Waals surface area contributed by atoms with Gasteiger partial charge in [0.25, 0.3) is 0 Å². The number of hydrogen-bond donors (Lipinski definition) is 1. The summed E-state index contributed by atoms with van der Waals surface area (Å²) in [7, 11) is 0. The number of carbonyl (C=O) groups is 1. The maximum Gasteiger partial charge on any atom is 0.306 e. The number of ether oxygens (including phenoxy) is 2. The van der Waals surface area contributed by atoms with Crippen LogP contribution in [-0.2, 0) is 14.3 Å². The summed E-state index contributed by atoms with van der Waals surface area (Å²) in [6.45, 7) is 5.15. The molecule has 302 valence electrons. The Morgan fingerprint density at radius 2 is 0.849 bits per heavy atom. The smallest absolute Gasteiger partial charge is 0.306 e. The molecule has 0 aliphatic carbocycles. The van der Waals surface area contributed by atoms with Crippen LogP contribution in [0.3, 0.4) is 0 Å². The topological polar surface area (TPSA) is 55.8 Å². The lowest BCUT2D eigenvalue weighted by Gasteiger charge is -2.15. The van der Waals surface area contributed by atoms with Crippen molar-refractivity contribution in [2.45, 2.75) is 187 Å². The summed E-state index contributed by atoms with van der Waals surface area (Å²) < 4.78 is 11.1. The number of allylic oxidation sites excluding steroid dienone is 16. The van der Waals surface area contributed by atoms with Gasteiger partial charge in [0.05, 0.1) is 13.2 Å². The van der Waals surface area contributed by atoms with Gasteiger partial charge in [-0.15, -0.1) is 0 Å². The second-order valence-corrected chi connectivity index (χ2v) is 14.0. The molecule has 0 fully saturated rings. The summed E-state index contributed by atoms with van der Waals surface area (Å²) in [5, 5.41) is 9.60. The number of aliphatic hydroxyl groups excluding tert-OH is 1. The largest absolute Gasteiger partial charge is 0.457 e. The lowest BCUT2D eigenvalue weighted by atomic mass is 10.1. The second-order valence-electron chi connectivity index (χ2n) is 14.0. The van der Waals surface area contributed by atoms with Crippen LogP contribution in [-0.4, -0.2) is 37.0 Å². The van der Waals surface area contributed by atoms with Gasteiger partial charge in [0.1, 0.15) is 6.10 Å². The standard InChI is InChI=1S/C49H82O4/c1-3-5-7-9-11-13-15-17-19-21-23-24-25-26-27-28-30-32-34-36-38-40-42-44-49(51)53-48(46-50)47-52-45-43-41-39-37-35-33-31-29-22-20-18-16-14-12-10-8-6-4-2/h5,7,11,13,17-20,23-24,26-27,30,32,36,38,48,50H,3-4,6,8-10,12,14-16,21-22,25,28-29,31,33-35,37,39-47H2,1-2H3/b7-5-,13-11-,19-17-,20-18-,24-23-,27-26-,32-30-,38-36-. The van der Waals surface area contributed by atoms with E-state index in [1.54, 1.807) is 0 Å². The van der Waals surface area contributed by atoms with Crippen LogP contribution in [0.15, 0.2) is 97.2 Å². The van der Waals surface area contributed by atoms with E-state index < -0.39 is 6.10 Å². The van der Waals surface area contributed by atoms with Gasteiger partial charge in [-0.05, 0) is 89.9 Å². The van der Waals surface area contributed by atoms with E-state index in [2.05, 4.69) is 111 Å². The summed E-state index contributed by atoms with van der Waals surface area (Å²) in [5.41, 5.74) is 0. The normalized spacial score (nSPS) is 13.3. The Labute approximate surface area is 328 Å². The van der Waals surface area contributed by atoms with Crippen LogP contribution in [0, 0.1) is 0 Å². The minimum absolute atomic E-state index is 0.202. The van der Waals surface area contributed by atoms with Crippen LogP contribution in [0.25, 0.3) is 0 Å². The summed E-state index contributed by atoms with van der Waals surface area (Å²) in [6.07, 6.45) is 64.7. The van der Waals surface area contributed by atoms with Crippen LogP contribution >= 0.6 is 0 Å². The van der Waals surface area contributed by atoms with Crippen molar-refractivity contribution in [3.05, 3.63) is 97.2 Å². The van der Waals surface area contributed by atoms with Crippen molar-refractivity contribution in [3.8, 4) is 0 Å². The zero-order chi connectivity index (χ0) is 38.4. The zero-order valence-corrected chi connectivity index (χ0v) is 34.5. The maximum atomic E-state index is 12.2. The van der Waals surface area contributed by atoms with Crippen LogP contribution in [0.5, 0.6) is 0 Å². The van der Waals surface area contributed by atoms with Gasteiger partial charge in [-0.3, -0.25) is 4.79 Å². The molecule has 4 heteroatoms. The van der Waals surface area contributed by atoms with E-state index in [1.807, 2.05) is 0 Å².